The molecule has 2 atom stereocenters. The molecule has 0 aromatic rings. The Hall–Kier alpha value is -0.770. The van der Waals surface area contributed by atoms with Gasteiger partial charge in [0.15, 0.2) is 0 Å². The number of amides is 1. The third-order valence-electron chi connectivity index (χ3n) is 3.36. The molecule has 0 aliphatic carbocycles. The molecule has 106 valence electrons. The van der Waals surface area contributed by atoms with E-state index in [1.807, 2.05) is 4.90 Å². The van der Waals surface area contributed by atoms with E-state index in [0.717, 1.165) is 32.4 Å². The summed E-state index contributed by atoms with van der Waals surface area (Å²) in [5, 5.41) is 3.50. The van der Waals surface area contributed by atoms with Gasteiger partial charge in [-0.1, -0.05) is 27.2 Å². The van der Waals surface area contributed by atoms with Gasteiger partial charge in [-0.25, -0.2) is 4.79 Å². The van der Waals surface area contributed by atoms with Gasteiger partial charge >= 0.3 is 6.09 Å². The fourth-order valence-corrected chi connectivity index (χ4v) is 2.30. The number of unbranched alkanes of at least 4 members (excludes halogenated alkanes) is 1. The maximum Gasteiger partial charge on any atom is 0.410 e. The van der Waals surface area contributed by atoms with Crippen molar-refractivity contribution >= 4 is 6.09 Å². The number of carbonyl (C=O) groups excluding carboxylic acids is 1. The molecule has 1 rings (SSSR count). The van der Waals surface area contributed by atoms with Crippen LogP contribution in [0.1, 0.15) is 47.0 Å². The van der Waals surface area contributed by atoms with E-state index in [0.29, 0.717) is 18.6 Å². The number of nitrogens with zero attached hydrogens (tertiary/aromatic N) is 1. The third-order valence-corrected chi connectivity index (χ3v) is 3.36. The summed E-state index contributed by atoms with van der Waals surface area (Å²) in [6.07, 6.45) is 2.96. The Balaban J connectivity index is 2.43. The molecule has 1 N–H and O–H groups in total. The molecule has 0 aromatic heterocycles. The van der Waals surface area contributed by atoms with Gasteiger partial charge in [0.25, 0.3) is 0 Å². The van der Waals surface area contributed by atoms with Crippen molar-refractivity contribution in [3.63, 3.8) is 0 Å². The summed E-state index contributed by atoms with van der Waals surface area (Å²) in [7, 11) is 0. The molecule has 18 heavy (non-hydrogen) atoms. The van der Waals surface area contributed by atoms with Crippen molar-refractivity contribution in [3.05, 3.63) is 0 Å². The van der Waals surface area contributed by atoms with Crippen LogP contribution in [0.4, 0.5) is 4.79 Å². The summed E-state index contributed by atoms with van der Waals surface area (Å²) in [5.41, 5.74) is 0. The van der Waals surface area contributed by atoms with E-state index in [1.165, 1.54) is 0 Å². The summed E-state index contributed by atoms with van der Waals surface area (Å²) in [6, 6.07) is 0.627. The Kier molecular flexibility index (Phi) is 6.47. The van der Waals surface area contributed by atoms with Crippen LogP contribution in [0.2, 0.25) is 0 Å². The zero-order valence-corrected chi connectivity index (χ0v) is 12.2. The van der Waals surface area contributed by atoms with Crippen molar-refractivity contribution in [1.29, 1.82) is 0 Å². The molecule has 1 amide bonds. The Bertz CT molecular complexity index is 256. The first-order valence-corrected chi connectivity index (χ1v) is 7.21. The van der Waals surface area contributed by atoms with Crippen LogP contribution >= 0.6 is 0 Å². The molecule has 0 spiro atoms. The first-order valence-electron chi connectivity index (χ1n) is 7.21. The SMILES string of the molecule is CCCCOC(=O)N1CC(CC(C)C)NCC1C. The summed E-state index contributed by atoms with van der Waals surface area (Å²) in [4.78, 5) is 13.9. The average molecular weight is 256 g/mol. The van der Waals surface area contributed by atoms with Gasteiger partial charge in [-0.15, -0.1) is 0 Å². The minimum Gasteiger partial charge on any atom is -0.449 e. The summed E-state index contributed by atoms with van der Waals surface area (Å²) in [6.45, 7) is 10.8. The van der Waals surface area contributed by atoms with E-state index in [4.69, 9.17) is 4.74 Å². The molecule has 0 aromatic carbocycles. The standard InChI is InChI=1S/C14H28N2O2/c1-5-6-7-18-14(17)16-10-13(8-11(2)3)15-9-12(16)4/h11-13,15H,5-10H2,1-4H3. The minimum absolute atomic E-state index is 0.147. The van der Waals surface area contributed by atoms with Gasteiger partial charge < -0.3 is 15.0 Å². The van der Waals surface area contributed by atoms with Crippen LogP contribution in [0.5, 0.6) is 0 Å². The molecular formula is C14H28N2O2. The lowest BCUT2D eigenvalue weighted by atomic mass is 10.0. The molecule has 0 bridgehead atoms. The highest BCUT2D eigenvalue weighted by Crippen LogP contribution is 2.14. The smallest absolute Gasteiger partial charge is 0.410 e. The molecule has 1 aliphatic rings. The molecule has 1 fully saturated rings. The second kappa shape index (κ2) is 7.62. The van der Waals surface area contributed by atoms with Gasteiger partial charge in [-0.2, -0.15) is 0 Å². The van der Waals surface area contributed by atoms with E-state index in [9.17, 15) is 4.79 Å². The second-order valence-electron chi connectivity index (χ2n) is 5.70. The Labute approximate surface area is 111 Å². The van der Waals surface area contributed by atoms with Crippen LogP contribution in [0.3, 0.4) is 0 Å². The highest BCUT2D eigenvalue weighted by molar-refractivity contribution is 5.68. The fraction of sp³-hybridized carbons (Fsp3) is 0.929. The largest absolute Gasteiger partial charge is 0.449 e. The number of carbonyl (C=O) groups is 1. The molecule has 1 saturated heterocycles. The number of hydrogen-bond donors (Lipinski definition) is 1. The molecule has 0 radical (unpaired) electrons. The second-order valence-corrected chi connectivity index (χ2v) is 5.70. The normalized spacial score (nSPS) is 24.4. The van der Waals surface area contributed by atoms with Crippen LogP contribution in [0.25, 0.3) is 0 Å². The highest BCUT2D eigenvalue weighted by atomic mass is 16.6. The highest BCUT2D eigenvalue weighted by Gasteiger charge is 2.29. The zero-order valence-electron chi connectivity index (χ0n) is 12.2. The van der Waals surface area contributed by atoms with E-state index in [2.05, 4.69) is 33.0 Å². The van der Waals surface area contributed by atoms with Gasteiger partial charge in [-0.05, 0) is 25.7 Å². The van der Waals surface area contributed by atoms with Crippen LogP contribution in [-0.4, -0.2) is 42.8 Å². The van der Waals surface area contributed by atoms with E-state index in [-0.39, 0.29) is 12.1 Å². The first kappa shape index (κ1) is 15.3. The van der Waals surface area contributed by atoms with Gasteiger partial charge in [0.2, 0.25) is 0 Å². The Morgan fingerprint density at radius 2 is 2.22 bits per heavy atom. The van der Waals surface area contributed by atoms with Crippen LogP contribution < -0.4 is 5.32 Å². The molecule has 4 nitrogen and oxygen atoms in total. The van der Waals surface area contributed by atoms with Crippen molar-refractivity contribution < 1.29 is 9.53 Å². The van der Waals surface area contributed by atoms with Crippen LogP contribution in [-0.2, 0) is 4.74 Å². The van der Waals surface area contributed by atoms with Crippen LogP contribution in [0.15, 0.2) is 0 Å². The summed E-state index contributed by atoms with van der Waals surface area (Å²) in [5.74, 6) is 0.647. The number of nitrogens with one attached hydrogen (secondary N) is 1. The van der Waals surface area contributed by atoms with Crippen LogP contribution in [0, 0.1) is 5.92 Å². The quantitative estimate of drug-likeness (QED) is 0.769. The Morgan fingerprint density at radius 3 is 2.83 bits per heavy atom. The Morgan fingerprint density at radius 1 is 1.50 bits per heavy atom. The summed E-state index contributed by atoms with van der Waals surface area (Å²) < 4.78 is 5.30. The van der Waals surface area contributed by atoms with Gasteiger partial charge in [0, 0.05) is 25.2 Å². The molecule has 2 unspecified atom stereocenters. The maximum absolute atomic E-state index is 12.0. The van der Waals surface area contributed by atoms with Gasteiger partial charge in [-0.3, -0.25) is 0 Å². The maximum atomic E-state index is 12.0. The van der Waals surface area contributed by atoms with Crippen molar-refractivity contribution in [3.8, 4) is 0 Å². The predicted molar refractivity (Wildman–Crippen MR) is 73.7 cm³/mol. The molecule has 4 heteroatoms. The lowest BCUT2D eigenvalue weighted by Gasteiger charge is -2.38. The van der Waals surface area contributed by atoms with E-state index < -0.39 is 0 Å². The van der Waals surface area contributed by atoms with Crippen molar-refractivity contribution in [2.24, 2.45) is 5.92 Å². The van der Waals surface area contributed by atoms with Crippen molar-refractivity contribution in [2.75, 3.05) is 19.7 Å². The average Bonchev–Trinajstić information content (AvgIpc) is 2.31. The monoisotopic (exact) mass is 256 g/mol. The number of ether oxygens (including phenoxy) is 1. The van der Waals surface area contributed by atoms with E-state index >= 15 is 0 Å². The fourth-order valence-electron chi connectivity index (χ4n) is 2.30. The van der Waals surface area contributed by atoms with Crippen molar-refractivity contribution in [1.82, 2.24) is 10.2 Å². The summed E-state index contributed by atoms with van der Waals surface area (Å²) >= 11 is 0. The van der Waals surface area contributed by atoms with Gasteiger partial charge in [0.1, 0.15) is 0 Å². The van der Waals surface area contributed by atoms with E-state index in [1.54, 1.807) is 0 Å². The lowest BCUT2D eigenvalue weighted by Crippen LogP contribution is -2.57. The molecule has 1 heterocycles. The predicted octanol–water partition coefficient (Wildman–Crippen LogP) is 2.63. The number of hydrogen-bond acceptors (Lipinski definition) is 3. The first-order chi connectivity index (χ1) is 8.54. The molecule has 0 saturated carbocycles. The molecular weight excluding hydrogens is 228 g/mol. The van der Waals surface area contributed by atoms with Crippen molar-refractivity contribution in [2.45, 2.75) is 59.0 Å². The number of rotatable bonds is 5. The number of piperazine rings is 1. The zero-order chi connectivity index (χ0) is 13.5. The topological polar surface area (TPSA) is 41.6 Å². The molecule has 1 aliphatic heterocycles. The van der Waals surface area contributed by atoms with Gasteiger partial charge in [0.05, 0.1) is 6.61 Å². The minimum atomic E-state index is -0.147. The third kappa shape index (κ3) is 4.84. The lowest BCUT2D eigenvalue weighted by molar-refractivity contribution is 0.0687.